The van der Waals surface area contributed by atoms with Crippen LogP contribution in [-0.2, 0) is 51.4 Å². The number of allylic oxidation sites excluding steroid dienone is 4. The lowest BCUT2D eigenvalue weighted by Crippen LogP contribution is -2.05. The van der Waals surface area contributed by atoms with Crippen LogP contribution in [0.25, 0.3) is 111 Å². The molecule has 2 aliphatic carbocycles. The first-order valence-electron chi connectivity index (χ1n) is 51.1. The molecule has 0 saturated carbocycles. The Morgan fingerprint density at radius 1 is 0.291 bits per heavy atom. The van der Waals surface area contributed by atoms with Crippen LogP contribution < -0.4 is 0 Å². The van der Waals surface area contributed by atoms with Crippen molar-refractivity contribution in [1.82, 2.24) is 0 Å². The van der Waals surface area contributed by atoms with E-state index in [1.54, 1.807) is 22.7 Å². The van der Waals surface area contributed by atoms with Gasteiger partial charge in [0.15, 0.2) is 11.6 Å². The number of carbonyl (C=O) groups excluding carboxylic acids is 2. The average molecular weight is 1960 g/mol. The van der Waals surface area contributed by atoms with Crippen LogP contribution in [0.2, 0.25) is 0 Å². The van der Waals surface area contributed by atoms with Gasteiger partial charge < -0.3 is 0 Å². The highest BCUT2D eigenvalue weighted by molar-refractivity contribution is 7.32. The predicted molar refractivity (Wildman–Crippen MR) is 588 cm³/mol. The second-order valence-electron chi connectivity index (χ2n) is 37.7. The van der Waals surface area contributed by atoms with Gasteiger partial charge >= 0.3 is 0 Å². The standard InChI is InChI=1S/C118H134N4O2S10/c1-11-21-29-35-47-77-63-95(107-103(83(71-119)72-120)87-53-41-43-55-89(87)109(107)123)127-111(77)97-65-79(49-37-31-23-13-3)113(129-97)99-67-81(51-39-33-25-15-5)115(131-99)101-69-91-105(93-59-57-85(125-93)61-75(19-9)45-27-17-7)118-92(106(117(91)133-101)94-60-58-86(126-94)62-76(20-10)46-28-18-8)70-102(134-118)116-82(52-40-34-26-16-6)68-100(132-116)114-80(50-38-32-24-14-4)66-98(130-114)112-78(48-36-30-22-12-2)64-96(128-112)108-104(84(73-121)74-122)88-54-42-44-56-90(88)110(108)124/h41-44,53-60,63-70,75-76,107-108H,11-40,45-52,61-62H2,1-10H3. The SMILES string of the molecule is CCCCCCc1cc(-c2sc(C3C(=O)c4ccccc4C3=C(C#N)C#N)cc2CCCCCC)sc1-c1cc(CCCCCC)c(-c2cc3c(-c4ccc(CC(CC)CCCC)s4)c4sc(-c5sc(-c6sc(-c7sc(C8C(=O)c9ccccc9C8=C(C#N)C#N)cc7CCCCCC)cc6CCCCCC)cc5CCCCCC)cc4c(-c4ccc(CC(CC)CCCC)s4)c3s2)s1. The molecule has 0 bridgehead atoms. The third-order valence-electron chi connectivity index (χ3n) is 28.0. The molecule has 0 spiro atoms. The van der Waals surface area contributed by atoms with Crippen molar-refractivity contribution in [2.45, 2.75) is 338 Å². The van der Waals surface area contributed by atoms with Crippen molar-refractivity contribution in [3.63, 3.8) is 0 Å². The van der Waals surface area contributed by atoms with Gasteiger partial charge in [-0.1, -0.05) is 285 Å². The Balaban J connectivity index is 0.931. The molecule has 0 N–H and O–H groups in total. The number of rotatable bonds is 52. The Kier molecular flexibility index (Phi) is 36.7. The van der Waals surface area contributed by atoms with Crippen molar-refractivity contribution < 1.29 is 9.59 Å². The van der Waals surface area contributed by atoms with Crippen LogP contribution in [-0.4, -0.2) is 11.6 Å². The minimum absolute atomic E-state index is 0.0156. The molecular weight excluding hydrogens is 1830 g/mol. The van der Waals surface area contributed by atoms with Gasteiger partial charge in [-0.3, -0.25) is 9.59 Å². The summed E-state index contributed by atoms with van der Waals surface area (Å²) in [4.78, 5) is 53.3. The largest absolute Gasteiger partial charge is 0.293 e. The van der Waals surface area contributed by atoms with E-state index in [0.29, 0.717) is 45.2 Å². The van der Waals surface area contributed by atoms with Gasteiger partial charge in [0.1, 0.15) is 35.4 Å². The molecule has 13 aromatic rings. The van der Waals surface area contributed by atoms with Crippen molar-refractivity contribution in [3.05, 3.63) is 208 Å². The van der Waals surface area contributed by atoms with Crippen molar-refractivity contribution in [2.24, 2.45) is 11.8 Å². The van der Waals surface area contributed by atoms with Gasteiger partial charge in [0.05, 0.1) is 11.8 Å². The van der Waals surface area contributed by atoms with Crippen LogP contribution in [0.4, 0.5) is 0 Å². The Labute approximate surface area is 840 Å². The molecular formula is C118H134N4O2S10. The zero-order chi connectivity index (χ0) is 93.7. The lowest BCUT2D eigenvalue weighted by atomic mass is 9.92. The van der Waals surface area contributed by atoms with E-state index in [0.717, 1.165) is 125 Å². The summed E-state index contributed by atoms with van der Waals surface area (Å²) in [6, 6.07) is 54.4. The quantitative estimate of drug-likeness (QED) is 0.0276. The summed E-state index contributed by atoms with van der Waals surface area (Å²) >= 11 is 19.6. The Morgan fingerprint density at radius 3 is 0.851 bits per heavy atom. The Morgan fingerprint density at radius 2 is 0.567 bits per heavy atom. The lowest BCUT2D eigenvalue weighted by molar-refractivity contribution is 0.0979. The van der Waals surface area contributed by atoms with Crippen molar-refractivity contribution in [3.8, 4) is 104 Å². The molecule has 4 atom stereocenters. The smallest absolute Gasteiger partial charge is 0.176 e. The molecule has 6 nitrogen and oxygen atoms in total. The third kappa shape index (κ3) is 22.6. The summed E-state index contributed by atoms with van der Waals surface area (Å²) in [6.07, 6.45) is 45.4. The zero-order valence-corrected chi connectivity index (χ0v) is 89.0. The van der Waals surface area contributed by atoms with E-state index in [1.807, 2.05) is 93.9 Å². The highest BCUT2D eigenvalue weighted by atomic mass is 32.1. The molecule has 698 valence electrons. The molecule has 15 rings (SSSR count). The van der Waals surface area contributed by atoms with Gasteiger partial charge in [0.25, 0.3) is 0 Å². The topological polar surface area (TPSA) is 129 Å². The van der Waals surface area contributed by atoms with E-state index in [1.165, 1.54) is 284 Å². The Hall–Kier alpha value is -8.04. The summed E-state index contributed by atoms with van der Waals surface area (Å²) in [7, 11) is 0. The number of carbonyl (C=O) groups is 2. The number of benzene rings is 3. The van der Waals surface area contributed by atoms with Crippen molar-refractivity contribution in [1.29, 1.82) is 21.0 Å². The Bertz CT molecular complexity index is 6000. The van der Waals surface area contributed by atoms with Gasteiger partial charge in [0.2, 0.25) is 0 Å². The van der Waals surface area contributed by atoms with E-state index < -0.39 is 11.8 Å². The fourth-order valence-electron chi connectivity index (χ4n) is 20.5. The minimum atomic E-state index is -0.717. The fraction of sp³-hybridized carbons (Fsp3) is 0.458. The summed E-state index contributed by atoms with van der Waals surface area (Å²) in [5.74, 6) is -0.233. The molecule has 0 fully saturated rings. The normalized spacial score (nSPS) is 14.1. The van der Waals surface area contributed by atoms with Gasteiger partial charge in [-0.25, -0.2) is 0 Å². The van der Waals surface area contributed by atoms with Gasteiger partial charge in [-0.05, 0) is 219 Å². The second kappa shape index (κ2) is 49.0. The molecule has 0 radical (unpaired) electrons. The van der Waals surface area contributed by atoms with Crippen LogP contribution in [0, 0.1) is 57.2 Å². The van der Waals surface area contributed by atoms with Crippen LogP contribution >= 0.6 is 113 Å². The maximum Gasteiger partial charge on any atom is 0.176 e. The number of ketones is 2. The second-order valence-corrected chi connectivity index (χ2v) is 48.5. The summed E-state index contributed by atoms with van der Waals surface area (Å²) in [6.45, 7) is 23.3. The van der Waals surface area contributed by atoms with Crippen LogP contribution in [0.3, 0.4) is 0 Å². The maximum absolute atomic E-state index is 14.9. The van der Waals surface area contributed by atoms with Gasteiger partial charge in [0, 0.05) is 141 Å². The number of unbranched alkanes of at least 4 members (excludes halogenated alkanes) is 20. The monoisotopic (exact) mass is 1960 g/mol. The van der Waals surface area contributed by atoms with Crippen LogP contribution in [0.1, 0.15) is 371 Å². The first kappa shape index (κ1) is 100. The number of Topliss-reactive ketones (excluding diaryl/α,β-unsaturated/α-hetero) is 2. The number of aryl methyl sites for hydroxylation is 6. The first-order valence-corrected chi connectivity index (χ1v) is 59.2. The predicted octanol–water partition coefficient (Wildman–Crippen LogP) is 39.8. The molecule has 0 saturated heterocycles. The highest BCUT2D eigenvalue weighted by Gasteiger charge is 2.43. The molecule has 10 aromatic heterocycles. The fourth-order valence-corrected chi connectivity index (χ4v) is 33.8. The van der Waals surface area contributed by atoms with E-state index >= 15 is 0 Å². The molecule has 10 heterocycles. The molecule has 16 heteroatoms. The molecule has 2 aliphatic rings. The van der Waals surface area contributed by atoms with Crippen LogP contribution in [0.15, 0.2) is 132 Å². The maximum atomic E-state index is 14.9. The highest BCUT2D eigenvalue weighted by Crippen LogP contribution is 2.60. The number of hydrogen-bond donors (Lipinski definition) is 0. The lowest BCUT2D eigenvalue weighted by Gasteiger charge is -2.13. The number of fused-ring (bicyclic) bond motifs is 4. The summed E-state index contributed by atoms with van der Waals surface area (Å²) in [5.41, 5.74) is 14.7. The molecule has 134 heavy (non-hydrogen) atoms. The minimum Gasteiger partial charge on any atom is -0.293 e. The molecule has 4 unspecified atom stereocenters. The zero-order valence-electron chi connectivity index (χ0n) is 80.8. The molecule has 3 aromatic carbocycles. The third-order valence-corrected chi connectivity index (χ3v) is 40.8. The average Bonchev–Trinajstić information content (AvgIpc) is 1.56. The van der Waals surface area contributed by atoms with Gasteiger partial charge in [-0.15, -0.1) is 113 Å². The number of nitriles is 4. The first-order chi connectivity index (χ1) is 65.7. The molecule has 0 aliphatic heterocycles. The van der Waals surface area contributed by atoms with E-state index in [9.17, 15) is 30.6 Å². The van der Waals surface area contributed by atoms with Crippen LogP contribution in [0.5, 0.6) is 0 Å². The number of hydrogen-bond acceptors (Lipinski definition) is 16. The summed E-state index contributed by atoms with van der Waals surface area (Å²) < 4.78 is 2.78. The van der Waals surface area contributed by atoms with E-state index in [-0.39, 0.29) is 22.7 Å². The summed E-state index contributed by atoms with van der Waals surface area (Å²) in [5, 5.41) is 45.0. The number of thiophene rings is 10. The van der Waals surface area contributed by atoms with Crippen molar-refractivity contribution in [2.75, 3.05) is 0 Å². The van der Waals surface area contributed by atoms with E-state index in [4.69, 9.17) is 0 Å². The van der Waals surface area contributed by atoms with E-state index in [2.05, 4.69) is 212 Å². The van der Waals surface area contributed by atoms with Gasteiger partial charge in [-0.2, -0.15) is 21.0 Å². The number of nitrogens with zero attached hydrogens (tertiary/aromatic N) is 4. The molecule has 0 amide bonds. The van der Waals surface area contributed by atoms with Crippen molar-refractivity contribution >= 4 is 156 Å².